The lowest BCUT2D eigenvalue weighted by Crippen LogP contribution is -2.34. The molecule has 6 heteroatoms. The Morgan fingerprint density at radius 1 is 1.12 bits per heavy atom. The number of halogens is 2. The van der Waals surface area contributed by atoms with E-state index >= 15 is 0 Å². The van der Waals surface area contributed by atoms with E-state index in [9.17, 15) is 9.18 Å². The Labute approximate surface area is 154 Å². The van der Waals surface area contributed by atoms with Crippen molar-refractivity contribution < 1.29 is 9.18 Å². The second kappa shape index (κ2) is 6.75. The van der Waals surface area contributed by atoms with E-state index in [4.69, 9.17) is 0 Å². The molecule has 3 heterocycles. The van der Waals surface area contributed by atoms with E-state index in [1.54, 1.807) is 6.07 Å². The fraction of sp³-hybridized carbons (Fsp3) is 0.368. The van der Waals surface area contributed by atoms with Crippen LogP contribution in [0.5, 0.6) is 0 Å². The van der Waals surface area contributed by atoms with Gasteiger partial charge in [0, 0.05) is 42.5 Å². The molecule has 0 radical (unpaired) electrons. The molecule has 2 atom stereocenters. The number of hydrogen-bond donors (Lipinski definition) is 0. The highest BCUT2D eigenvalue weighted by molar-refractivity contribution is 9.10. The number of amides is 1. The highest BCUT2D eigenvalue weighted by Crippen LogP contribution is 2.33. The highest BCUT2D eigenvalue weighted by atomic mass is 79.9. The third-order valence-corrected chi connectivity index (χ3v) is 5.95. The van der Waals surface area contributed by atoms with Crippen molar-refractivity contribution in [3.63, 3.8) is 0 Å². The second-order valence-electron chi connectivity index (χ2n) is 6.83. The minimum atomic E-state index is -0.313. The van der Waals surface area contributed by atoms with E-state index in [0.717, 1.165) is 42.0 Å². The van der Waals surface area contributed by atoms with Gasteiger partial charge < -0.3 is 9.80 Å². The van der Waals surface area contributed by atoms with Crippen molar-refractivity contribution in [2.45, 2.75) is 6.42 Å². The lowest BCUT2D eigenvalue weighted by Gasteiger charge is -2.22. The molecule has 4 nitrogen and oxygen atoms in total. The molecule has 0 saturated carbocycles. The first-order valence-corrected chi connectivity index (χ1v) is 9.27. The molecular weight excluding hydrogens is 385 g/mol. The zero-order valence-electron chi connectivity index (χ0n) is 13.7. The van der Waals surface area contributed by atoms with Crippen molar-refractivity contribution in [3.8, 4) is 0 Å². The monoisotopic (exact) mass is 403 g/mol. The molecule has 0 aliphatic carbocycles. The standard InChI is InChI=1S/C19H19BrFN3O/c20-17-4-2-1-3-13(17)7-19(25)24-11-14-9-23(10-15(14)12-24)18-6-5-16(21)8-22-18/h1-6,8,14-15H,7,9-12H2. The summed E-state index contributed by atoms with van der Waals surface area (Å²) in [7, 11) is 0. The van der Waals surface area contributed by atoms with Gasteiger partial charge in [-0.3, -0.25) is 4.79 Å². The summed E-state index contributed by atoms with van der Waals surface area (Å²) in [6, 6.07) is 11.0. The van der Waals surface area contributed by atoms with Crippen LogP contribution < -0.4 is 4.90 Å². The maximum Gasteiger partial charge on any atom is 0.227 e. The Hall–Kier alpha value is -1.95. The van der Waals surface area contributed by atoms with Gasteiger partial charge in [-0.15, -0.1) is 0 Å². The Bertz CT molecular complexity index is 768. The summed E-state index contributed by atoms with van der Waals surface area (Å²) in [5, 5.41) is 0. The molecule has 2 aliphatic rings. The topological polar surface area (TPSA) is 36.4 Å². The third-order valence-electron chi connectivity index (χ3n) is 5.17. The number of nitrogens with zero attached hydrogens (tertiary/aromatic N) is 3. The van der Waals surface area contributed by atoms with Gasteiger partial charge in [0.05, 0.1) is 12.6 Å². The summed E-state index contributed by atoms with van der Waals surface area (Å²) in [5.74, 6) is 1.63. The number of fused-ring (bicyclic) bond motifs is 1. The van der Waals surface area contributed by atoms with Crippen LogP contribution in [0.25, 0.3) is 0 Å². The second-order valence-corrected chi connectivity index (χ2v) is 7.68. The quantitative estimate of drug-likeness (QED) is 0.789. The predicted molar refractivity (Wildman–Crippen MR) is 97.8 cm³/mol. The number of carbonyl (C=O) groups is 1. The van der Waals surface area contributed by atoms with Gasteiger partial charge in [0.1, 0.15) is 11.6 Å². The van der Waals surface area contributed by atoms with Gasteiger partial charge >= 0.3 is 0 Å². The molecule has 2 aromatic rings. The van der Waals surface area contributed by atoms with Crippen molar-refractivity contribution in [3.05, 3.63) is 58.4 Å². The SMILES string of the molecule is O=C(Cc1ccccc1Br)N1CC2CN(c3ccc(F)cn3)CC2C1. The van der Waals surface area contributed by atoms with E-state index in [0.29, 0.717) is 18.3 Å². The first-order chi connectivity index (χ1) is 12.1. The molecular formula is C19H19BrFN3O. The fourth-order valence-electron chi connectivity index (χ4n) is 3.86. The van der Waals surface area contributed by atoms with Gasteiger partial charge in [-0.05, 0) is 23.8 Å². The Kier molecular flexibility index (Phi) is 4.46. The van der Waals surface area contributed by atoms with Crippen LogP contribution in [0.1, 0.15) is 5.56 Å². The van der Waals surface area contributed by atoms with Crippen molar-refractivity contribution in [2.24, 2.45) is 11.8 Å². The number of aromatic nitrogens is 1. The first-order valence-electron chi connectivity index (χ1n) is 8.48. The number of anilines is 1. The van der Waals surface area contributed by atoms with Crippen LogP contribution in [-0.4, -0.2) is 42.0 Å². The van der Waals surface area contributed by atoms with Crippen LogP contribution in [0.3, 0.4) is 0 Å². The minimum absolute atomic E-state index is 0.188. The molecule has 130 valence electrons. The molecule has 0 bridgehead atoms. The molecule has 2 saturated heterocycles. The van der Waals surface area contributed by atoms with Gasteiger partial charge in [-0.2, -0.15) is 0 Å². The van der Waals surface area contributed by atoms with Crippen molar-refractivity contribution in [2.75, 3.05) is 31.1 Å². The smallest absolute Gasteiger partial charge is 0.227 e. The summed E-state index contributed by atoms with van der Waals surface area (Å²) >= 11 is 3.51. The number of pyridine rings is 1. The van der Waals surface area contributed by atoms with Gasteiger partial charge in [0.15, 0.2) is 0 Å². The van der Waals surface area contributed by atoms with Gasteiger partial charge in [-0.1, -0.05) is 34.1 Å². The summed E-state index contributed by atoms with van der Waals surface area (Å²) in [6.45, 7) is 3.35. The number of hydrogen-bond acceptors (Lipinski definition) is 3. The van der Waals surface area contributed by atoms with E-state index in [1.165, 1.54) is 12.3 Å². The summed E-state index contributed by atoms with van der Waals surface area (Å²) in [4.78, 5) is 21.0. The number of likely N-dealkylation sites (tertiary alicyclic amines) is 1. The highest BCUT2D eigenvalue weighted by Gasteiger charge is 2.41. The van der Waals surface area contributed by atoms with Gasteiger partial charge in [0.2, 0.25) is 5.91 Å². The average Bonchev–Trinajstić information content (AvgIpc) is 3.16. The molecule has 1 aromatic carbocycles. The first kappa shape index (κ1) is 16.5. The molecule has 2 aliphatic heterocycles. The molecule has 2 fully saturated rings. The zero-order chi connectivity index (χ0) is 17.4. The predicted octanol–water partition coefficient (Wildman–Crippen LogP) is 3.12. The summed E-state index contributed by atoms with van der Waals surface area (Å²) < 4.78 is 14.0. The largest absolute Gasteiger partial charge is 0.356 e. The van der Waals surface area contributed by atoms with Crippen molar-refractivity contribution in [1.29, 1.82) is 0 Å². The fourth-order valence-corrected chi connectivity index (χ4v) is 4.28. The van der Waals surface area contributed by atoms with Crippen LogP contribution in [0, 0.1) is 17.7 Å². The van der Waals surface area contributed by atoms with Gasteiger partial charge in [0.25, 0.3) is 0 Å². The normalized spacial score (nSPS) is 22.3. The molecule has 25 heavy (non-hydrogen) atoms. The van der Waals surface area contributed by atoms with Crippen molar-refractivity contribution in [1.82, 2.24) is 9.88 Å². The lowest BCUT2D eigenvalue weighted by molar-refractivity contribution is -0.129. The maximum atomic E-state index is 13.0. The molecule has 1 amide bonds. The number of carbonyl (C=O) groups excluding carboxylic acids is 1. The average molecular weight is 404 g/mol. The summed E-state index contributed by atoms with van der Waals surface area (Å²) in [5.41, 5.74) is 1.03. The molecule has 2 unspecified atom stereocenters. The van der Waals surface area contributed by atoms with E-state index in [-0.39, 0.29) is 11.7 Å². The Morgan fingerprint density at radius 2 is 1.84 bits per heavy atom. The van der Waals surface area contributed by atoms with Crippen LogP contribution >= 0.6 is 15.9 Å². The van der Waals surface area contributed by atoms with Gasteiger partial charge in [-0.25, -0.2) is 9.37 Å². The molecule has 1 aromatic heterocycles. The molecule has 0 spiro atoms. The molecule has 4 rings (SSSR count). The van der Waals surface area contributed by atoms with Crippen LogP contribution in [-0.2, 0) is 11.2 Å². The Balaban J connectivity index is 1.37. The van der Waals surface area contributed by atoms with E-state index in [2.05, 4.69) is 25.8 Å². The van der Waals surface area contributed by atoms with E-state index in [1.807, 2.05) is 29.2 Å². The van der Waals surface area contributed by atoms with E-state index < -0.39 is 0 Å². The maximum absolute atomic E-state index is 13.0. The summed E-state index contributed by atoms with van der Waals surface area (Å²) in [6.07, 6.45) is 1.70. The number of rotatable bonds is 3. The van der Waals surface area contributed by atoms with Crippen LogP contribution in [0.15, 0.2) is 47.1 Å². The van der Waals surface area contributed by atoms with Crippen molar-refractivity contribution >= 4 is 27.7 Å². The third kappa shape index (κ3) is 3.40. The van der Waals surface area contributed by atoms with Crippen LogP contribution in [0.4, 0.5) is 10.2 Å². The number of benzene rings is 1. The molecule has 0 N–H and O–H groups in total. The van der Waals surface area contributed by atoms with Crippen LogP contribution in [0.2, 0.25) is 0 Å². The zero-order valence-corrected chi connectivity index (χ0v) is 15.3. The minimum Gasteiger partial charge on any atom is -0.356 e. The lowest BCUT2D eigenvalue weighted by atomic mass is 10.0. The Morgan fingerprint density at radius 3 is 2.48 bits per heavy atom.